The molecule has 0 saturated carbocycles. The van der Waals surface area contributed by atoms with Crippen LogP contribution in [0.3, 0.4) is 0 Å². The third-order valence-corrected chi connectivity index (χ3v) is 3.11. The zero-order valence-corrected chi connectivity index (χ0v) is 10.2. The lowest BCUT2D eigenvalue weighted by Gasteiger charge is -2.17. The van der Waals surface area contributed by atoms with Gasteiger partial charge >= 0.3 is 0 Å². The minimum Gasteiger partial charge on any atom is -0.309 e. The van der Waals surface area contributed by atoms with Gasteiger partial charge in [0.2, 0.25) is 0 Å². The van der Waals surface area contributed by atoms with E-state index >= 15 is 0 Å². The molecule has 0 bridgehead atoms. The van der Waals surface area contributed by atoms with Gasteiger partial charge in [-0.2, -0.15) is 0 Å². The fraction of sp³-hybridized carbons (Fsp3) is 0.455. The van der Waals surface area contributed by atoms with Gasteiger partial charge in [0.05, 0.1) is 5.75 Å². The second kappa shape index (κ2) is 5.41. The van der Waals surface area contributed by atoms with E-state index in [0.717, 1.165) is 0 Å². The average molecular weight is 245 g/mol. The van der Waals surface area contributed by atoms with E-state index in [1.807, 2.05) is 6.92 Å². The maximum absolute atomic E-state index is 13.0. The van der Waals surface area contributed by atoms with Crippen LogP contribution in [0.4, 0.5) is 4.39 Å². The first-order valence-electron chi connectivity index (χ1n) is 5.09. The monoisotopic (exact) mass is 245 g/mol. The van der Waals surface area contributed by atoms with E-state index in [-0.39, 0.29) is 17.6 Å². The maximum atomic E-state index is 13.0. The molecule has 1 aromatic carbocycles. The first kappa shape index (κ1) is 13.1. The molecule has 0 aliphatic carbocycles. The van der Waals surface area contributed by atoms with E-state index in [0.29, 0.717) is 12.1 Å². The minimum absolute atomic E-state index is 0.0235. The van der Waals surface area contributed by atoms with Crippen LogP contribution in [0.2, 0.25) is 0 Å². The van der Waals surface area contributed by atoms with Crippen LogP contribution >= 0.6 is 0 Å². The average Bonchev–Trinajstić information content (AvgIpc) is 2.15. The predicted octanol–water partition coefficient (Wildman–Crippen LogP) is 1.52. The Morgan fingerprint density at radius 1 is 1.44 bits per heavy atom. The first-order valence-corrected chi connectivity index (χ1v) is 7.15. The largest absolute Gasteiger partial charge is 0.309 e. The molecule has 1 unspecified atom stereocenters. The Balaban J connectivity index is 2.93. The zero-order valence-electron chi connectivity index (χ0n) is 9.40. The molecular formula is C11H16FNO2S. The summed E-state index contributed by atoms with van der Waals surface area (Å²) in [5.41, 5.74) is 0.660. The van der Waals surface area contributed by atoms with Crippen molar-refractivity contribution in [1.82, 2.24) is 5.32 Å². The first-order chi connectivity index (χ1) is 7.42. The molecule has 0 fully saturated rings. The predicted molar refractivity (Wildman–Crippen MR) is 62.5 cm³/mol. The molecule has 0 saturated heterocycles. The highest BCUT2D eigenvalue weighted by Gasteiger charge is 2.16. The van der Waals surface area contributed by atoms with Crippen LogP contribution in [-0.4, -0.2) is 27.0 Å². The van der Waals surface area contributed by atoms with Crippen LogP contribution in [0.25, 0.3) is 0 Å². The van der Waals surface area contributed by atoms with Crippen LogP contribution in [-0.2, 0) is 9.84 Å². The second-order valence-corrected chi connectivity index (χ2v) is 5.94. The summed E-state index contributed by atoms with van der Waals surface area (Å²) >= 11 is 0. The van der Waals surface area contributed by atoms with Crippen molar-refractivity contribution in [2.45, 2.75) is 13.0 Å². The summed E-state index contributed by atoms with van der Waals surface area (Å²) in [4.78, 5) is 0. The van der Waals surface area contributed by atoms with Crippen LogP contribution < -0.4 is 5.32 Å². The van der Waals surface area contributed by atoms with Gasteiger partial charge in [0.1, 0.15) is 15.7 Å². The number of nitrogens with one attached hydrogen (secondary N) is 1. The fourth-order valence-electron chi connectivity index (χ4n) is 1.55. The molecule has 1 atom stereocenters. The quantitative estimate of drug-likeness (QED) is 0.855. The van der Waals surface area contributed by atoms with Crippen molar-refractivity contribution in [3.63, 3.8) is 0 Å². The summed E-state index contributed by atoms with van der Waals surface area (Å²) in [5.74, 6) is -0.376. The smallest absolute Gasteiger partial charge is 0.149 e. The van der Waals surface area contributed by atoms with Crippen LogP contribution in [0.1, 0.15) is 18.5 Å². The number of halogens is 1. The van der Waals surface area contributed by atoms with Gasteiger partial charge in [-0.05, 0) is 24.2 Å². The minimum atomic E-state index is -3.09. The Labute approximate surface area is 95.6 Å². The van der Waals surface area contributed by atoms with Crippen molar-refractivity contribution in [3.8, 4) is 0 Å². The van der Waals surface area contributed by atoms with Gasteiger partial charge in [-0.3, -0.25) is 0 Å². The second-order valence-electron chi connectivity index (χ2n) is 3.76. The summed E-state index contributed by atoms with van der Waals surface area (Å²) < 4.78 is 35.5. The molecule has 0 amide bonds. The normalized spacial score (nSPS) is 13.7. The van der Waals surface area contributed by atoms with Gasteiger partial charge in [0.15, 0.2) is 0 Å². The van der Waals surface area contributed by atoms with Gasteiger partial charge in [0.25, 0.3) is 0 Å². The Morgan fingerprint density at radius 2 is 2.12 bits per heavy atom. The van der Waals surface area contributed by atoms with Crippen LogP contribution in [0, 0.1) is 5.82 Å². The van der Waals surface area contributed by atoms with Crippen molar-refractivity contribution in [2.24, 2.45) is 0 Å². The lowest BCUT2D eigenvalue weighted by Crippen LogP contribution is -2.27. The fourth-order valence-corrected chi connectivity index (χ4v) is 2.46. The Bertz CT molecular complexity index is 445. The van der Waals surface area contributed by atoms with Gasteiger partial charge in [0, 0.05) is 12.3 Å². The van der Waals surface area contributed by atoms with E-state index in [4.69, 9.17) is 0 Å². The third kappa shape index (κ3) is 4.28. The highest BCUT2D eigenvalue weighted by atomic mass is 32.2. The highest BCUT2D eigenvalue weighted by molar-refractivity contribution is 7.90. The molecule has 0 spiro atoms. The number of rotatable bonds is 5. The molecule has 5 heteroatoms. The lowest BCUT2D eigenvalue weighted by atomic mass is 10.1. The number of hydrogen-bond acceptors (Lipinski definition) is 3. The van der Waals surface area contributed by atoms with Gasteiger partial charge in [-0.1, -0.05) is 19.1 Å². The maximum Gasteiger partial charge on any atom is 0.149 e. The van der Waals surface area contributed by atoms with Crippen molar-refractivity contribution in [3.05, 3.63) is 35.6 Å². The Hall–Kier alpha value is -0.940. The van der Waals surface area contributed by atoms with Gasteiger partial charge in [-0.15, -0.1) is 0 Å². The zero-order chi connectivity index (χ0) is 12.2. The highest BCUT2D eigenvalue weighted by Crippen LogP contribution is 2.15. The van der Waals surface area contributed by atoms with Crippen molar-refractivity contribution >= 4 is 9.84 Å². The molecule has 90 valence electrons. The number of hydrogen-bond donors (Lipinski definition) is 1. The Morgan fingerprint density at radius 3 is 2.62 bits per heavy atom. The van der Waals surface area contributed by atoms with E-state index < -0.39 is 9.84 Å². The molecule has 1 N–H and O–H groups in total. The summed E-state index contributed by atoms with van der Waals surface area (Å²) in [5, 5.41) is 3.04. The van der Waals surface area contributed by atoms with Crippen molar-refractivity contribution in [2.75, 3.05) is 18.6 Å². The third-order valence-electron chi connectivity index (χ3n) is 2.17. The molecule has 1 rings (SSSR count). The van der Waals surface area contributed by atoms with Crippen molar-refractivity contribution < 1.29 is 12.8 Å². The molecule has 0 aromatic heterocycles. The van der Waals surface area contributed by atoms with E-state index in [9.17, 15) is 12.8 Å². The molecule has 3 nitrogen and oxygen atoms in total. The number of sulfone groups is 1. The lowest BCUT2D eigenvalue weighted by molar-refractivity contribution is 0.558. The topological polar surface area (TPSA) is 46.2 Å². The standard InChI is InChI=1S/C11H16FNO2S/c1-3-13-11(8-16(2,14)15)9-5-4-6-10(12)7-9/h4-7,11,13H,3,8H2,1-2H3. The molecule has 0 aliphatic rings. The molecule has 0 aliphatic heterocycles. The van der Waals surface area contributed by atoms with Gasteiger partial charge < -0.3 is 5.32 Å². The summed E-state index contributed by atoms with van der Waals surface area (Å²) in [7, 11) is -3.09. The van der Waals surface area contributed by atoms with Crippen LogP contribution in [0.15, 0.2) is 24.3 Å². The summed E-state index contributed by atoms with van der Waals surface area (Å²) in [6, 6.07) is 5.65. The van der Waals surface area contributed by atoms with E-state index in [1.54, 1.807) is 12.1 Å². The Kier molecular flexibility index (Phi) is 4.44. The molecule has 0 heterocycles. The molecule has 1 aromatic rings. The molecule has 0 radical (unpaired) electrons. The van der Waals surface area contributed by atoms with Crippen molar-refractivity contribution in [1.29, 1.82) is 0 Å². The molecule has 16 heavy (non-hydrogen) atoms. The van der Waals surface area contributed by atoms with E-state index in [2.05, 4.69) is 5.32 Å². The van der Waals surface area contributed by atoms with Gasteiger partial charge in [-0.25, -0.2) is 12.8 Å². The summed E-state index contributed by atoms with van der Waals surface area (Å²) in [6.45, 7) is 2.52. The SMILES string of the molecule is CCNC(CS(C)(=O)=O)c1cccc(F)c1. The van der Waals surface area contributed by atoms with E-state index in [1.165, 1.54) is 18.4 Å². The number of benzene rings is 1. The van der Waals surface area contributed by atoms with Crippen LogP contribution in [0.5, 0.6) is 0 Å². The molecular weight excluding hydrogens is 229 g/mol. The summed E-state index contributed by atoms with van der Waals surface area (Å²) in [6.07, 6.45) is 1.18.